The van der Waals surface area contributed by atoms with Crippen LogP contribution >= 0.6 is 0 Å². The summed E-state index contributed by atoms with van der Waals surface area (Å²) in [6.07, 6.45) is -1.58. The molecular formula is C22H25F3N2O4. The first-order valence-corrected chi connectivity index (χ1v) is 10.8. The van der Waals surface area contributed by atoms with Gasteiger partial charge in [-0.05, 0) is 37.8 Å². The van der Waals surface area contributed by atoms with Crippen molar-refractivity contribution >= 4 is 11.7 Å². The number of nitrogens with zero attached hydrogens (tertiary/aromatic N) is 1. The average Bonchev–Trinajstić information content (AvgIpc) is 3.08. The zero-order valence-electron chi connectivity index (χ0n) is 17.2. The third-order valence-corrected chi connectivity index (χ3v) is 7.34. The lowest BCUT2D eigenvalue weighted by Crippen LogP contribution is -2.64. The second-order valence-electron chi connectivity index (χ2n) is 8.88. The number of likely N-dealkylation sites (tertiary alicyclic amines) is 1. The SMILES string of the molecule is CCOC(=O)C1C2CCC3=C(c4ccc(C(F)(F)F)cc4)NOC3([N+]3([O-])CCCC3)C21. The molecule has 3 fully saturated rings. The van der Waals surface area contributed by atoms with Crippen molar-refractivity contribution in [2.24, 2.45) is 17.8 Å². The van der Waals surface area contributed by atoms with Crippen LogP contribution in [-0.4, -0.2) is 36.0 Å². The van der Waals surface area contributed by atoms with Crippen molar-refractivity contribution in [3.63, 3.8) is 0 Å². The Hall–Kier alpha value is -2.10. The van der Waals surface area contributed by atoms with Crippen LogP contribution in [0.3, 0.4) is 0 Å². The van der Waals surface area contributed by atoms with E-state index in [1.54, 1.807) is 6.92 Å². The van der Waals surface area contributed by atoms with Crippen LogP contribution in [-0.2, 0) is 20.5 Å². The zero-order chi connectivity index (χ0) is 22.0. The summed E-state index contributed by atoms with van der Waals surface area (Å²) in [4.78, 5) is 18.7. The van der Waals surface area contributed by atoms with Gasteiger partial charge in [0.15, 0.2) is 0 Å². The third kappa shape index (κ3) is 2.93. The Morgan fingerprint density at radius 1 is 1.29 bits per heavy atom. The van der Waals surface area contributed by atoms with Gasteiger partial charge < -0.3 is 14.6 Å². The Bertz CT molecular complexity index is 924. The van der Waals surface area contributed by atoms with Gasteiger partial charge in [-0.25, -0.2) is 4.84 Å². The number of carbonyl (C=O) groups is 1. The van der Waals surface area contributed by atoms with Gasteiger partial charge in [0, 0.05) is 24.0 Å². The van der Waals surface area contributed by atoms with Gasteiger partial charge in [-0.2, -0.15) is 13.2 Å². The molecule has 1 saturated heterocycles. The van der Waals surface area contributed by atoms with E-state index < -0.39 is 22.1 Å². The molecular weight excluding hydrogens is 413 g/mol. The topological polar surface area (TPSA) is 70.6 Å². The van der Waals surface area contributed by atoms with Gasteiger partial charge in [-0.3, -0.25) is 10.3 Å². The van der Waals surface area contributed by atoms with E-state index in [1.165, 1.54) is 12.1 Å². The standard InChI is InChI=1S/C22H25F3N2O4/c1-2-30-20(28)17-15-9-10-16-19(13-5-7-14(8-6-13)22(23,24)25)26-31-21(16,18(15)17)27(29)11-3-4-12-27/h5-8,15,17-18,26H,2-4,9-12H2,1H3. The number of alkyl halides is 3. The molecule has 0 amide bonds. The maximum Gasteiger partial charge on any atom is 0.416 e. The number of nitrogens with one attached hydrogen (secondary N) is 1. The Morgan fingerprint density at radius 3 is 2.58 bits per heavy atom. The van der Waals surface area contributed by atoms with Crippen LogP contribution in [0, 0.1) is 23.0 Å². The number of hydrogen-bond acceptors (Lipinski definition) is 5. The number of ether oxygens (including phenoxy) is 1. The van der Waals surface area contributed by atoms with Crippen molar-refractivity contribution in [1.29, 1.82) is 0 Å². The number of halogens is 3. The molecule has 0 spiro atoms. The highest BCUT2D eigenvalue weighted by atomic mass is 19.4. The summed E-state index contributed by atoms with van der Waals surface area (Å²) in [5.74, 6) is -0.933. The molecule has 1 N–H and O–H groups in total. The molecule has 5 rings (SSSR count). The van der Waals surface area contributed by atoms with Crippen LogP contribution in [0.15, 0.2) is 29.8 Å². The quantitative estimate of drug-likeness (QED) is 0.438. The van der Waals surface area contributed by atoms with Crippen molar-refractivity contribution < 1.29 is 32.2 Å². The summed E-state index contributed by atoms with van der Waals surface area (Å²) >= 11 is 0. The normalized spacial score (nSPS) is 33.5. The van der Waals surface area contributed by atoms with Gasteiger partial charge >= 0.3 is 12.1 Å². The number of esters is 1. The van der Waals surface area contributed by atoms with E-state index in [4.69, 9.17) is 9.57 Å². The minimum Gasteiger partial charge on any atom is -0.630 e. The van der Waals surface area contributed by atoms with Gasteiger partial charge in [0.25, 0.3) is 5.72 Å². The Balaban J connectivity index is 1.57. The van der Waals surface area contributed by atoms with Crippen LogP contribution in [0.1, 0.15) is 43.7 Å². The molecule has 4 aliphatic rings. The first-order chi connectivity index (χ1) is 14.7. The molecule has 31 heavy (non-hydrogen) atoms. The smallest absolute Gasteiger partial charge is 0.416 e. The number of benzene rings is 1. The lowest BCUT2D eigenvalue weighted by molar-refractivity contribution is -0.946. The highest BCUT2D eigenvalue weighted by Gasteiger charge is 2.77. The van der Waals surface area contributed by atoms with Crippen molar-refractivity contribution in [3.8, 4) is 0 Å². The van der Waals surface area contributed by atoms with Crippen LogP contribution in [0.4, 0.5) is 13.2 Å². The number of quaternary nitrogens is 1. The summed E-state index contributed by atoms with van der Waals surface area (Å²) in [6.45, 7) is 2.82. The fourth-order valence-corrected chi connectivity index (χ4v) is 5.98. The predicted octanol–water partition coefficient (Wildman–Crippen LogP) is 3.98. The number of hydroxylamine groups is 4. The summed E-state index contributed by atoms with van der Waals surface area (Å²) < 4.78 is 43.6. The molecule has 4 unspecified atom stereocenters. The monoisotopic (exact) mass is 438 g/mol. The zero-order valence-corrected chi connectivity index (χ0v) is 17.2. The minimum atomic E-state index is -4.42. The van der Waals surface area contributed by atoms with E-state index in [0.717, 1.165) is 37.0 Å². The molecule has 0 radical (unpaired) electrons. The highest BCUT2D eigenvalue weighted by Crippen LogP contribution is 2.67. The largest absolute Gasteiger partial charge is 0.630 e. The van der Waals surface area contributed by atoms with Crippen LogP contribution in [0.25, 0.3) is 5.70 Å². The van der Waals surface area contributed by atoms with Crippen LogP contribution in [0.5, 0.6) is 0 Å². The third-order valence-electron chi connectivity index (χ3n) is 7.34. The molecule has 2 heterocycles. The first-order valence-electron chi connectivity index (χ1n) is 10.8. The molecule has 0 bridgehead atoms. The van der Waals surface area contributed by atoms with E-state index in [0.29, 0.717) is 30.8 Å². The van der Waals surface area contributed by atoms with Gasteiger partial charge in [-0.1, -0.05) is 12.1 Å². The fourth-order valence-electron chi connectivity index (χ4n) is 5.98. The maximum absolute atomic E-state index is 14.0. The predicted molar refractivity (Wildman–Crippen MR) is 104 cm³/mol. The molecule has 168 valence electrons. The van der Waals surface area contributed by atoms with E-state index in [9.17, 15) is 23.2 Å². The summed E-state index contributed by atoms with van der Waals surface area (Å²) in [7, 11) is 0. The van der Waals surface area contributed by atoms with E-state index in [-0.39, 0.29) is 30.3 Å². The van der Waals surface area contributed by atoms with E-state index >= 15 is 0 Å². The molecule has 0 aromatic heterocycles. The molecule has 6 nitrogen and oxygen atoms in total. The van der Waals surface area contributed by atoms with Crippen molar-refractivity contribution in [2.75, 3.05) is 19.7 Å². The van der Waals surface area contributed by atoms with E-state index in [1.807, 2.05) is 0 Å². The Morgan fingerprint density at radius 2 is 1.97 bits per heavy atom. The van der Waals surface area contributed by atoms with Gasteiger partial charge in [-0.15, -0.1) is 0 Å². The number of fused-ring (bicyclic) bond motifs is 3. The van der Waals surface area contributed by atoms with Crippen molar-refractivity contribution in [2.45, 2.75) is 44.5 Å². The number of hydrogen-bond donors (Lipinski definition) is 1. The Labute approximate surface area is 178 Å². The van der Waals surface area contributed by atoms with Crippen LogP contribution in [0.2, 0.25) is 0 Å². The summed E-state index contributed by atoms with van der Waals surface area (Å²) in [6, 6.07) is 4.87. The first kappa shape index (κ1) is 20.8. The average molecular weight is 438 g/mol. The maximum atomic E-state index is 14.0. The van der Waals surface area contributed by atoms with Crippen molar-refractivity contribution in [3.05, 3.63) is 46.2 Å². The summed E-state index contributed by atoms with van der Waals surface area (Å²) in [5, 5.41) is 14.0. The second kappa shape index (κ2) is 6.95. The molecule has 2 saturated carbocycles. The van der Waals surface area contributed by atoms with Gasteiger partial charge in [0.2, 0.25) is 0 Å². The van der Waals surface area contributed by atoms with E-state index in [2.05, 4.69) is 5.48 Å². The fraction of sp³-hybridized carbons (Fsp3) is 0.591. The van der Waals surface area contributed by atoms with Gasteiger partial charge in [0.1, 0.15) is 0 Å². The summed E-state index contributed by atoms with van der Waals surface area (Å²) in [5.41, 5.74) is 2.81. The molecule has 2 aliphatic carbocycles. The lowest BCUT2D eigenvalue weighted by Gasteiger charge is -2.53. The lowest BCUT2D eigenvalue weighted by atomic mass is 9.82. The molecule has 9 heteroatoms. The number of carbonyl (C=O) groups excluding carboxylic acids is 1. The highest BCUT2D eigenvalue weighted by molar-refractivity contribution is 5.79. The molecule has 1 aromatic carbocycles. The molecule has 2 aliphatic heterocycles. The van der Waals surface area contributed by atoms with Crippen LogP contribution < -0.4 is 5.48 Å². The minimum absolute atomic E-state index is 0.0288. The molecule has 1 aromatic rings. The molecule has 4 atom stereocenters. The second-order valence-corrected chi connectivity index (χ2v) is 8.88. The van der Waals surface area contributed by atoms with Crippen molar-refractivity contribution in [1.82, 2.24) is 5.48 Å². The Kier molecular flexibility index (Phi) is 4.66. The van der Waals surface area contributed by atoms with Gasteiger partial charge in [0.05, 0.1) is 42.8 Å². The number of rotatable bonds is 4.